The smallest absolute Gasteiger partial charge is 0.131 e. The third kappa shape index (κ3) is 2.38. The molecule has 0 bridgehead atoms. The Kier molecular flexibility index (Phi) is 3.06. The molecule has 0 amide bonds. The average Bonchev–Trinajstić information content (AvgIpc) is 2.75. The van der Waals surface area contributed by atoms with Crippen molar-refractivity contribution in [1.29, 1.82) is 0 Å². The molecule has 0 saturated carbocycles. The highest BCUT2D eigenvalue weighted by Crippen LogP contribution is 2.20. The van der Waals surface area contributed by atoms with Crippen LogP contribution in [-0.4, -0.2) is 9.55 Å². The largest absolute Gasteiger partial charge is 0.342 e. The number of hydrogen-bond acceptors (Lipinski definition) is 1. The molecule has 5 heteroatoms. The molecular formula is C14H9BrF2N2. The van der Waals surface area contributed by atoms with E-state index in [9.17, 15) is 8.78 Å². The van der Waals surface area contributed by atoms with Gasteiger partial charge in [0, 0.05) is 28.5 Å². The molecule has 2 aromatic heterocycles. The summed E-state index contributed by atoms with van der Waals surface area (Å²) in [5.74, 6) is -1.10. The van der Waals surface area contributed by atoms with Crippen molar-refractivity contribution in [2.45, 2.75) is 6.54 Å². The van der Waals surface area contributed by atoms with Gasteiger partial charge in [-0.1, -0.05) is 6.07 Å². The Morgan fingerprint density at radius 1 is 1.16 bits per heavy atom. The van der Waals surface area contributed by atoms with E-state index < -0.39 is 11.6 Å². The van der Waals surface area contributed by atoms with Gasteiger partial charge >= 0.3 is 0 Å². The lowest BCUT2D eigenvalue weighted by Crippen LogP contribution is -2.01. The van der Waals surface area contributed by atoms with Gasteiger partial charge in [-0.15, -0.1) is 0 Å². The number of aromatic nitrogens is 2. The Bertz CT molecular complexity index is 752. The number of benzene rings is 1. The summed E-state index contributed by atoms with van der Waals surface area (Å²) in [5.41, 5.74) is 2.18. The van der Waals surface area contributed by atoms with Crippen LogP contribution in [0.25, 0.3) is 11.0 Å². The summed E-state index contributed by atoms with van der Waals surface area (Å²) in [6, 6.07) is 7.41. The van der Waals surface area contributed by atoms with Crippen LogP contribution in [0.1, 0.15) is 5.56 Å². The van der Waals surface area contributed by atoms with E-state index in [0.717, 1.165) is 21.6 Å². The molecule has 3 aromatic rings. The molecule has 0 atom stereocenters. The number of hydrogen-bond donors (Lipinski definition) is 0. The van der Waals surface area contributed by atoms with E-state index in [1.54, 1.807) is 6.20 Å². The zero-order chi connectivity index (χ0) is 13.4. The highest BCUT2D eigenvalue weighted by Gasteiger charge is 2.07. The van der Waals surface area contributed by atoms with Crippen molar-refractivity contribution >= 4 is 27.0 Å². The van der Waals surface area contributed by atoms with Crippen molar-refractivity contribution < 1.29 is 8.78 Å². The third-order valence-electron chi connectivity index (χ3n) is 2.94. The van der Waals surface area contributed by atoms with Crippen LogP contribution in [-0.2, 0) is 6.54 Å². The molecule has 0 saturated heterocycles. The summed E-state index contributed by atoms with van der Waals surface area (Å²) in [7, 11) is 0. The molecule has 1 aromatic carbocycles. The van der Waals surface area contributed by atoms with Gasteiger partial charge in [0.25, 0.3) is 0 Å². The van der Waals surface area contributed by atoms with E-state index in [4.69, 9.17) is 0 Å². The van der Waals surface area contributed by atoms with E-state index in [0.29, 0.717) is 12.1 Å². The molecule has 0 N–H and O–H groups in total. The normalized spacial score (nSPS) is 11.1. The van der Waals surface area contributed by atoms with Crippen molar-refractivity contribution in [3.05, 3.63) is 64.4 Å². The second kappa shape index (κ2) is 4.74. The number of fused-ring (bicyclic) bond motifs is 1. The zero-order valence-electron chi connectivity index (χ0n) is 9.78. The maximum absolute atomic E-state index is 13.6. The van der Waals surface area contributed by atoms with Crippen LogP contribution < -0.4 is 0 Å². The molecule has 0 spiro atoms. The third-order valence-corrected chi connectivity index (χ3v) is 3.38. The molecule has 96 valence electrons. The van der Waals surface area contributed by atoms with E-state index in [-0.39, 0.29) is 0 Å². The van der Waals surface area contributed by atoms with Gasteiger partial charge in [0.15, 0.2) is 0 Å². The van der Waals surface area contributed by atoms with Crippen molar-refractivity contribution in [3.63, 3.8) is 0 Å². The Morgan fingerprint density at radius 2 is 2.00 bits per heavy atom. The Hall–Kier alpha value is -1.75. The minimum atomic E-state index is -0.567. The highest BCUT2D eigenvalue weighted by molar-refractivity contribution is 9.10. The van der Waals surface area contributed by atoms with E-state index in [2.05, 4.69) is 20.9 Å². The molecule has 0 aliphatic heterocycles. The van der Waals surface area contributed by atoms with Crippen LogP contribution in [0, 0.1) is 11.6 Å². The van der Waals surface area contributed by atoms with E-state index in [1.807, 2.05) is 22.9 Å². The molecule has 0 fully saturated rings. The lowest BCUT2D eigenvalue weighted by molar-refractivity contribution is 0.567. The molecule has 0 unspecified atom stereocenters. The SMILES string of the molecule is Fc1ccc(Cn2ccc3ncc(Br)cc32)c(F)c1. The first-order chi connectivity index (χ1) is 9.13. The molecule has 3 rings (SSSR count). The van der Waals surface area contributed by atoms with E-state index in [1.165, 1.54) is 12.1 Å². The minimum absolute atomic E-state index is 0.341. The van der Waals surface area contributed by atoms with Gasteiger partial charge in [-0.3, -0.25) is 4.98 Å². The van der Waals surface area contributed by atoms with Crippen molar-refractivity contribution in [1.82, 2.24) is 9.55 Å². The number of rotatable bonds is 2. The Morgan fingerprint density at radius 3 is 2.79 bits per heavy atom. The molecular weight excluding hydrogens is 314 g/mol. The highest BCUT2D eigenvalue weighted by atomic mass is 79.9. The Balaban J connectivity index is 2.03. The van der Waals surface area contributed by atoms with Crippen LogP contribution in [0.4, 0.5) is 8.78 Å². The van der Waals surface area contributed by atoms with Crippen LogP contribution >= 0.6 is 15.9 Å². The first kappa shape index (κ1) is 12.3. The summed E-state index contributed by atoms with van der Waals surface area (Å²) >= 11 is 3.36. The zero-order valence-corrected chi connectivity index (χ0v) is 11.4. The second-order valence-electron chi connectivity index (χ2n) is 4.24. The predicted molar refractivity (Wildman–Crippen MR) is 72.9 cm³/mol. The lowest BCUT2D eigenvalue weighted by Gasteiger charge is -2.07. The minimum Gasteiger partial charge on any atom is -0.342 e. The van der Waals surface area contributed by atoms with Gasteiger partial charge < -0.3 is 4.57 Å². The van der Waals surface area contributed by atoms with Crippen molar-refractivity contribution in [3.8, 4) is 0 Å². The first-order valence-electron chi connectivity index (χ1n) is 5.68. The van der Waals surface area contributed by atoms with Gasteiger partial charge in [0.1, 0.15) is 11.6 Å². The second-order valence-corrected chi connectivity index (χ2v) is 5.15. The number of pyridine rings is 1. The van der Waals surface area contributed by atoms with Crippen LogP contribution in [0.2, 0.25) is 0 Å². The number of nitrogens with zero attached hydrogens (tertiary/aromatic N) is 2. The van der Waals surface area contributed by atoms with Gasteiger partial charge in [-0.25, -0.2) is 8.78 Å². The van der Waals surface area contributed by atoms with E-state index >= 15 is 0 Å². The quantitative estimate of drug-likeness (QED) is 0.693. The maximum Gasteiger partial charge on any atom is 0.131 e. The topological polar surface area (TPSA) is 17.8 Å². The van der Waals surface area contributed by atoms with Gasteiger partial charge in [0.2, 0.25) is 0 Å². The molecule has 0 aliphatic carbocycles. The van der Waals surface area contributed by atoms with Gasteiger partial charge in [-0.05, 0) is 34.1 Å². The Labute approximate surface area is 116 Å². The summed E-state index contributed by atoms with van der Waals surface area (Å²) in [6.45, 7) is 0.341. The van der Waals surface area contributed by atoms with Gasteiger partial charge in [0.05, 0.1) is 17.6 Å². The standard InChI is InChI=1S/C14H9BrF2N2/c15-10-5-14-13(18-7-10)3-4-19(14)8-9-1-2-11(16)6-12(9)17/h1-7H,8H2. The average molecular weight is 323 g/mol. The summed E-state index contributed by atoms with van der Waals surface area (Å²) in [4.78, 5) is 4.26. The molecule has 19 heavy (non-hydrogen) atoms. The number of halogens is 3. The van der Waals surface area contributed by atoms with Crippen LogP contribution in [0.3, 0.4) is 0 Å². The molecule has 2 nitrogen and oxygen atoms in total. The summed E-state index contributed by atoms with van der Waals surface area (Å²) in [6.07, 6.45) is 3.55. The summed E-state index contributed by atoms with van der Waals surface area (Å²) < 4.78 is 29.3. The molecule has 2 heterocycles. The fraction of sp³-hybridized carbons (Fsp3) is 0.0714. The first-order valence-corrected chi connectivity index (χ1v) is 6.47. The fourth-order valence-electron chi connectivity index (χ4n) is 2.01. The monoisotopic (exact) mass is 322 g/mol. The van der Waals surface area contributed by atoms with Crippen LogP contribution in [0.5, 0.6) is 0 Å². The predicted octanol–water partition coefficient (Wildman–Crippen LogP) is 4.13. The lowest BCUT2D eigenvalue weighted by atomic mass is 10.2. The van der Waals surface area contributed by atoms with Crippen LogP contribution in [0.15, 0.2) is 47.2 Å². The maximum atomic E-state index is 13.6. The van der Waals surface area contributed by atoms with Crippen molar-refractivity contribution in [2.75, 3.05) is 0 Å². The molecule has 0 aliphatic rings. The fourth-order valence-corrected chi connectivity index (χ4v) is 2.33. The van der Waals surface area contributed by atoms with Gasteiger partial charge in [-0.2, -0.15) is 0 Å². The summed E-state index contributed by atoms with van der Waals surface area (Å²) in [5, 5.41) is 0. The van der Waals surface area contributed by atoms with Crippen molar-refractivity contribution in [2.24, 2.45) is 0 Å². The molecule has 0 radical (unpaired) electrons.